The summed E-state index contributed by atoms with van der Waals surface area (Å²) in [7, 11) is 0. The number of carbonyl (C=O) groups is 3. The average molecular weight is 545 g/mol. The molecule has 0 spiro atoms. The fraction of sp³-hybridized carbons (Fsp3) is 0.444. The van der Waals surface area contributed by atoms with Crippen LogP contribution >= 0.6 is 0 Å². The highest BCUT2D eigenvalue weighted by Crippen LogP contribution is 2.51. The van der Waals surface area contributed by atoms with Gasteiger partial charge in [-0.15, -0.1) is 6.58 Å². The molecule has 210 valence electrons. The van der Waals surface area contributed by atoms with Gasteiger partial charge in [0, 0.05) is 39.0 Å². The third kappa shape index (κ3) is 6.35. The molecular formula is C27H32N2O10. The number of nitrogens with one attached hydrogen (secondary N) is 1. The van der Waals surface area contributed by atoms with Crippen LogP contribution in [0.25, 0.3) is 0 Å². The average Bonchev–Trinajstić information content (AvgIpc) is 3.12. The molecule has 3 rings (SSSR count). The minimum atomic E-state index is -1.79. The van der Waals surface area contributed by atoms with Crippen LogP contribution < -0.4 is 11.2 Å². The number of rotatable bonds is 11. The minimum absolute atomic E-state index is 0.0238. The van der Waals surface area contributed by atoms with Crippen molar-refractivity contribution in [2.75, 3.05) is 13.2 Å². The van der Waals surface area contributed by atoms with Crippen LogP contribution in [0.2, 0.25) is 0 Å². The van der Waals surface area contributed by atoms with Crippen molar-refractivity contribution in [1.29, 1.82) is 0 Å². The summed E-state index contributed by atoms with van der Waals surface area (Å²) in [4.78, 5) is 63.6. The molecule has 0 bridgehead atoms. The molecule has 39 heavy (non-hydrogen) atoms. The Morgan fingerprint density at radius 2 is 1.67 bits per heavy atom. The Labute approximate surface area is 224 Å². The molecule has 1 fully saturated rings. The smallest absolute Gasteiger partial charge is 0.330 e. The van der Waals surface area contributed by atoms with Crippen LogP contribution in [0.3, 0.4) is 0 Å². The quantitative estimate of drug-likeness (QED) is 0.251. The van der Waals surface area contributed by atoms with Crippen molar-refractivity contribution in [2.24, 2.45) is 0 Å². The predicted molar refractivity (Wildman–Crippen MR) is 137 cm³/mol. The van der Waals surface area contributed by atoms with E-state index in [0.29, 0.717) is 0 Å². The zero-order valence-corrected chi connectivity index (χ0v) is 22.3. The Hall–Kier alpha value is -4.03. The van der Waals surface area contributed by atoms with E-state index in [4.69, 9.17) is 23.7 Å². The van der Waals surface area contributed by atoms with Gasteiger partial charge < -0.3 is 23.7 Å². The van der Waals surface area contributed by atoms with Gasteiger partial charge in [0.05, 0.1) is 6.61 Å². The molecule has 12 nitrogen and oxygen atoms in total. The van der Waals surface area contributed by atoms with Crippen LogP contribution in [0.5, 0.6) is 0 Å². The van der Waals surface area contributed by atoms with Crippen molar-refractivity contribution < 1.29 is 38.1 Å². The zero-order valence-electron chi connectivity index (χ0n) is 22.3. The van der Waals surface area contributed by atoms with Crippen LogP contribution in [0.15, 0.2) is 58.8 Å². The van der Waals surface area contributed by atoms with Crippen molar-refractivity contribution in [3.05, 3.63) is 81.1 Å². The fourth-order valence-electron chi connectivity index (χ4n) is 4.56. The van der Waals surface area contributed by atoms with E-state index in [1.54, 1.807) is 0 Å². The maximum absolute atomic E-state index is 13.0. The first-order valence-electron chi connectivity index (χ1n) is 12.2. The zero-order chi connectivity index (χ0) is 28.8. The molecule has 1 aliphatic rings. The molecule has 1 saturated heterocycles. The summed E-state index contributed by atoms with van der Waals surface area (Å²) in [5.74, 6) is -2.06. The molecule has 2 heterocycles. The molecule has 0 aliphatic carbocycles. The topological polar surface area (TPSA) is 152 Å². The lowest BCUT2D eigenvalue weighted by atomic mass is 9.78. The lowest BCUT2D eigenvalue weighted by Crippen LogP contribution is -2.63. The second-order valence-corrected chi connectivity index (χ2v) is 9.23. The summed E-state index contributed by atoms with van der Waals surface area (Å²) in [5.41, 5.74) is -4.02. The lowest BCUT2D eigenvalue weighted by molar-refractivity contribution is -0.225. The van der Waals surface area contributed by atoms with Crippen molar-refractivity contribution in [2.45, 2.75) is 64.3 Å². The minimum Gasteiger partial charge on any atom is -0.463 e. The third-order valence-electron chi connectivity index (χ3n) is 6.35. The summed E-state index contributed by atoms with van der Waals surface area (Å²) in [6.07, 6.45) is -0.0471. The number of hydrogen-bond donors (Lipinski definition) is 1. The van der Waals surface area contributed by atoms with E-state index in [2.05, 4.69) is 11.6 Å². The van der Waals surface area contributed by atoms with Crippen molar-refractivity contribution in [1.82, 2.24) is 9.55 Å². The number of carbonyl (C=O) groups excluding carboxylic acids is 3. The van der Waals surface area contributed by atoms with Gasteiger partial charge in [0.1, 0.15) is 18.8 Å². The van der Waals surface area contributed by atoms with E-state index < -0.39 is 65.9 Å². The number of aryl methyl sites for hydroxylation is 1. The molecule has 0 saturated carbocycles. The molecule has 0 unspecified atom stereocenters. The van der Waals surface area contributed by atoms with Crippen LogP contribution in [-0.2, 0) is 44.7 Å². The van der Waals surface area contributed by atoms with Gasteiger partial charge in [-0.3, -0.25) is 28.7 Å². The van der Waals surface area contributed by atoms with Gasteiger partial charge in [0.25, 0.3) is 5.56 Å². The second-order valence-electron chi connectivity index (χ2n) is 9.23. The summed E-state index contributed by atoms with van der Waals surface area (Å²) in [5, 5.41) is 0. The third-order valence-corrected chi connectivity index (χ3v) is 6.35. The maximum atomic E-state index is 13.0. The highest BCUT2D eigenvalue weighted by atomic mass is 16.7. The van der Waals surface area contributed by atoms with Gasteiger partial charge in [-0.2, -0.15) is 0 Å². The van der Waals surface area contributed by atoms with Crippen LogP contribution in [0.1, 0.15) is 44.5 Å². The van der Waals surface area contributed by atoms with Gasteiger partial charge in [-0.25, -0.2) is 4.79 Å². The monoisotopic (exact) mass is 544 g/mol. The largest absolute Gasteiger partial charge is 0.463 e. The number of H-pyrrole nitrogens is 1. The number of ether oxygens (including phenoxy) is 5. The van der Waals surface area contributed by atoms with Crippen molar-refractivity contribution in [3.63, 3.8) is 0 Å². The predicted octanol–water partition coefficient (Wildman–Crippen LogP) is 1.70. The van der Waals surface area contributed by atoms with Crippen LogP contribution in [0.4, 0.5) is 0 Å². The second kappa shape index (κ2) is 12.2. The molecule has 1 N–H and O–H groups in total. The van der Waals surface area contributed by atoms with Crippen LogP contribution in [0, 0.1) is 6.92 Å². The summed E-state index contributed by atoms with van der Waals surface area (Å²) in [6.45, 7) is 7.84. The number of benzene rings is 1. The normalized spacial score (nSPS) is 21.6. The van der Waals surface area contributed by atoms with Crippen LogP contribution in [-0.4, -0.2) is 58.0 Å². The number of hydrogen-bond acceptors (Lipinski definition) is 10. The summed E-state index contributed by atoms with van der Waals surface area (Å²) >= 11 is 0. The van der Waals surface area contributed by atoms with E-state index >= 15 is 0 Å². The first-order chi connectivity index (χ1) is 18.4. The van der Waals surface area contributed by atoms with E-state index in [0.717, 1.165) is 10.1 Å². The molecule has 0 radical (unpaired) electrons. The SMILES string of the molecule is C=CC[C@]1(OCc2ccccc2)[C@@H](OC(C)=O)[C@H](n2cc(C)c(=O)[nH]c2=O)OC1(COC(C)=O)COC(C)=O. The maximum Gasteiger partial charge on any atom is 0.330 e. The number of aromatic amines is 1. The Balaban J connectivity index is 2.30. The highest BCUT2D eigenvalue weighted by Gasteiger charge is 2.70. The first kappa shape index (κ1) is 29.5. The summed E-state index contributed by atoms with van der Waals surface area (Å²) in [6, 6.07) is 9.07. The van der Waals surface area contributed by atoms with Gasteiger partial charge in [-0.1, -0.05) is 36.4 Å². The molecule has 12 heteroatoms. The number of nitrogens with zero attached hydrogens (tertiary/aromatic N) is 1. The molecule has 1 aromatic heterocycles. The lowest BCUT2D eigenvalue weighted by Gasteiger charge is -2.44. The first-order valence-corrected chi connectivity index (χ1v) is 12.2. The molecule has 1 aliphatic heterocycles. The number of esters is 3. The fourth-order valence-corrected chi connectivity index (χ4v) is 4.56. The molecule has 1 aromatic carbocycles. The van der Waals surface area contributed by atoms with Crippen molar-refractivity contribution in [3.8, 4) is 0 Å². The van der Waals surface area contributed by atoms with Crippen molar-refractivity contribution >= 4 is 17.9 Å². The van der Waals surface area contributed by atoms with E-state index in [-0.39, 0.29) is 18.6 Å². The molecule has 2 aromatic rings. The van der Waals surface area contributed by atoms with Gasteiger partial charge in [0.2, 0.25) is 0 Å². The Bertz CT molecular complexity index is 1310. The Morgan fingerprint density at radius 1 is 1.05 bits per heavy atom. The Kier molecular flexibility index (Phi) is 9.25. The van der Waals surface area contributed by atoms with E-state index in [1.165, 1.54) is 40.0 Å². The molecular weight excluding hydrogens is 512 g/mol. The summed E-state index contributed by atoms with van der Waals surface area (Å²) < 4.78 is 30.5. The van der Waals surface area contributed by atoms with Gasteiger partial charge >= 0.3 is 23.6 Å². The molecule has 0 amide bonds. The van der Waals surface area contributed by atoms with Gasteiger partial charge in [0.15, 0.2) is 17.9 Å². The number of aromatic nitrogens is 2. The van der Waals surface area contributed by atoms with Gasteiger partial charge in [-0.05, 0) is 12.5 Å². The van der Waals surface area contributed by atoms with E-state index in [9.17, 15) is 24.0 Å². The standard InChI is InChI=1S/C27H32N2O10/c1-6-12-27(37-14-21-10-8-7-9-11-21)22(38-20(5)32)24(29-13-17(2)23(33)28-25(29)34)39-26(27,15-35-18(3)30)16-36-19(4)31/h6-11,13,22,24H,1,12,14-16H2,2-5H3,(H,28,33,34)/t22-,24+,27-/m0/s1. The van der Waals surface area contributed by atoms with E-state index in [1.807, 2.05) is 30.3 Å². The molecule has 3 atom stereocenters. The highest BCUT2D eigenvalue weighted by molar-refractivity contribution is 5.67. The Morgan fingerprint density at radius 3 is 2.21 bits per heavy atom.